The number of benzene rings is 1. The van der Waals surface area contributed by atoms with Gasteiger partial charge in [-0.15, -0.1) is 0 Å². The summed E-state index contributed by atoms with van der Waals surface area (Å²) >= 11 is 0. The zero-order valence-electron chi connectivity index (χ0n) is 8.69. The van der Waals surface area contributed by atoms with E-state index in [4.69, 9.17) is 5.73 Å². The summed E-state index contributed by atoms with van der Waals surface area (Å²) in [6.45, 7) is 0. The molecule has 80 valence electrons. The summed E-state index contributed by atoms with van der Waals surface area (Å²) < 4.78 is 0. The van der Waals surface area contributed by atoms with Gasteiger partial charge in [0, 0.05) is 6.04 Å². The maximum atomic E-state index is 9.92. The van der Waals surface area contributed by atoms with Gasteiger partial charge in [0.05, 0.1) is 11.9 Å². The predicted molar refractivity (Wildman–Crippen MR) is 59.9 cm³/mol. The van der Waals surface area contributed by atoms with Crippen LogP contribution in [0.5, 0.6) is 5.75 Å². The van der Waals surface area contributed by atoms with Crippen molar-refractivity contribution in [2.45, 2.75) is 37.9 Å². The zero-order valence-corrected chi connectivity index (χ0v) is 8.69. The van der Waals surface area contributed by atoms with E-state index >= 15 is 0 Å². The maximum Gasteiger partial charge on any atom is 0.139 e. The van der Waals surface area contributed by atoms with Crippen LogP contribution >= 0.6 is 0 Å². The molecule has 3 N–H and O–H groups in total. The quantitative estimate of drug-likeness (QED) is 0.674. The van der Waals surface area contributed by atoms with Crippen LogP contribution < -0.4 is 10.6 Å². The number of hydrogen-bond donors (Lipinski definition) is 2. The highest BCUT2D eigenvalue weighted by molar-refractivity contribution is 5.66. The minimum atomic E-state index is 0.0855. The van der Waals surface area contributed by atoms with Gasteiger partial charge in [-0.3, -0.25) is 0 Å². The summed E-state index contributed by atoms with van der Waals surface area (Å²) in [5, 5.41) is 9.92. The third-order valence-electron chi connectivity index (χ3n) is 3.65. The number of nitrogens with two attached hydrogens (primary N) is 1. The topological polar surface area (TPSA) is 49.5 Å². The molecule has 2 heterocycles. The standard InChI is InChI=1S/C12H16N2O/c13-11-7-6-9-5-4-8-2-1-3-10(15)12(8)14(9)11/h1-3,9,11,15H,4-7,13H2. The second kappa shape index (κ2) is 3.14. The molecule has 3 rings (SSSR count). The second-order valence-electron chi connectivity index (χ2n) is 4.53. The lowest BCUT2D eigenvalue weighted by molar-refractivity contribution is 0.462. The molecule has 3 nitrogen and oxygen atoms in total. The maximum absolute atomic E-state index is 9.92. The van der Waals surface area contributed by atoms with Crippen LogP contribution in [0.4, 0.5) is 5.69 Å². The van der Waals surface area contributed by atoms with E-state index in [1.165, 1.54) is 12.0 Å². The van der Waals surface area contributed by atoms with Crippen molar-refractivity contribution in [3.8, 4) is 5.75 Å². The average molecular weight is 204 g/mol. The summed E-state index contributed by atoms with van der Waals surface area (Å²) in [4.78, 5) is 2.22. The van der Waals surface area contributed by atoms with Gasteiger partial charge in [-0.2, -0.15) is 0 Å². The minimum Gasteiger partial charge on any atom is -0.506 e. The van der Waals surface area contributed by atoms with Gasteiger partial charge in [-0.1, -0.05) is 12.1 Å². The molecule has 0 aliphatic carbocycles. The van der Waals surface area contributed by atoms with Gasteiger partial charge in [0.25, 0.3) is 0 Å². The Morgan fingerprint density at radius 1 is 1.27 bits per heavy atom. The van der Waals surface area contributed by atoms with Gasteiger partial charge in [-0.25, -0.2) is 0 Å². The molecule has 2 aliphatic rings. The second-order valence-corrected chi connectivity index (χ2v) is 4.53. The zero-order chi connectivity index (χ0) is 10.4. The van der Waals surface area contributed by atoms with E-state index in [-0.39, 0.29) is 6.17 Å². The van der Waals surface area contributed by atoms with Crippen LogP contribution in [0.15, 0.2) is 18.2 Å². The van der Waals surface area contributed by atoms with Crippen LogP contribution in [0.3, 0.4) is 0 Å². The third-order valence-corrected chi connectivity index (χ3v) is 3.65. The number of phenolic OH excluding ortho intramolecular Hbond substituents is 1. The van der Waals surface area contributed by atoms with Gasteiger partial charge < -0.3 is 15.7 Å². The van der Waals surface area contributed by atoms with Crippen LogP contribution in [0.25, 0.3) is 0 Å². The Labute approximate surface area is 89.5 Å². The normalized spacial score (nSPS) is 28.7. The van der Waals surface area contributed by atoms with Crippen molar-refractivity contribution in [2.75, 3.05) is 4.90 Å². The summed E-state index contributed by atoms with van der Waals surface area (Å²) in [5.74, 6) is 0.384. The average Bonchev–Trinajstić information content (AvgIpc) is 2.61. The molecule has 15 heavy (non-hydrogen) atoms. The smallest absolute Gasteiger partial charge is 0.139 e. The van der Waals surface area contributed by atoms with Crippen LogP contribution in [-0.4, -0.2) is 17.3 Å². The van der Waals surface area contributed by atoms with Crippen molar-refractivity contribution < 1.29 is 5.11 Å². The van der Waals surface area contributed by atoms with Gasteiger partial charge in [-0.05, 0) is 37.3 Å². The predicted octanol–water partition coefficient (Wildman–Crippen LogP) is 1.59. The number of fused-ring (bicyclic) bond motifs is 3. The Kier molecular flexibility index (Phi) is 1.89. The highest BCUT2D eigenvalue weighted by atomic mass is 16.3. The van der Waals surface area contributed by atoms with Crippen LogP contribution in [0.1, 0.15) is 24.8 Å². The van der Waals surface area contributed by atoms with Crippen molar-refractivity contribution in [3.63, 3.8) is 0 Å². The van der Waals surface area contributed by atoms with E-state index in [0.29, 0.717) is 11.8 Å². The summed E-state index contributed by atoms with van der Waals surface area (Å²) in [6.07, 6.45) is 4.53. The first-order chi connectivity index (χ1) is 7.27. The molecular formula is C12H16N2O. The Morgan fingerprint density at radius 2 is 2.13 bits per heavy atom. The first-order valence-electron chi connectivity index (χ1n) is 5.62. The third kappa shape index (κ3) is 1.23. The molecule has 1 aromatic rings. The number of aromatic hydroxyl groups is 1. The lowest BCUT2D eigenvalue weighted by Gasteiger charge is -2.36. The Hall–Kier alpha value is -1.22. The number of anilines is 1. The molecule has 0 radical (unpaired) electrons. The highest BCUT2D eigenvalue weighted by Gasteiger charge is 2.36. The lowest BCUT2D eigenvalue weighted by atomic mass is 9.96. The Morgan fingerprint density at radius 3 is 3.00 bits per heavy atom. The van der Waals surface area contributed by atoms with Crippen molar-refractivity contribution in [1.29, 1.82) is 0 Å². The molecule has 1 saturated heterocycles. The number of phenols is 1. The monoisotopic (exact) mass is 204 g/mol. The first-order valence-corrected chi connectivity index (χ1v) is 5.62. The SMILES string of the molecule is NC1CCC2CCc3cccc(O)c3N12. The number of para-hydroxylation sites is 1. The number of aryl methyl sites for hydroxylation is 1. The minimum absolute atomic E-state index is 0.0855. The molecule has 0 aromatic heterocycles. The number of rotatable bonds is 0. The number of nitrogens with zero attached hydrogens (tertiary/aromatic N) is 1. The molecule has 3 heteroatoms. The number of hydrogen-bond acceptors (Lipinski definition) is 3. The molecule has 0 saturated carbocycles. The van der Waals surface area contributed by atoms with Gasteiger partial charge in [0.15, 0.2) is 0 Å². The molecule has 2 aliphatic heterocycles. The van der Waals surface area contributed by atoms with Crippen molar-refractivity contribution in [1.82, 2.24) is 0 Å². The van der Waals surface area contributed by atoms with Crippen LogP contribution in [0.2, 0.25) is 0 Å². The summed E-state index contributed by atoms with van der Waals surface area (Å²) in [7, 11) is 0. The fraction of sp³-hybridized carbons (Fsp3) is 0.500. The van der Waals surface area contributed by atoms with Crippen molar-refractivity contribution in [2.24, 2.45) is 5.73 Å². The summed E-state index contributed by atoms with van der Waals surface area (Å²) in [6, 6.07) is 6.30. The van der Waals surface area contributed by atoms with E-state index in [1.54, 1.807) is 6.07 Å². The van der Waals surface area contributed by atoms with Crippen LogP contribution in [0, 0.1) is 0 Å². The molecule has 0 amide bonds. The molecule has 1 aromatic carbocycles. The fourth-order valence-corrected chi connectivity index (χ4v) is 2.94. The van der Waals surface area contributed by atoms with E-state index < -0.39 is 0 Å². The lowest BCUT2D eigenvalue weighted by Crippen LogP contribution is -2.44. The molecular weight excluding hydrogens is 188 g/mol. The van der Waals surface area contributed by atoms with Crippen LogP contribution in [-0.2, 0) is 6.42 Å². The largest absolute Gasteiger partial charge is 0.506 e. The van der Waals surface area contributed by atoms with E-state index in [1.807, 2.05) is 6.07 Å². The van der Waals surface area contributed by atoms with Gasteiger partial charge in [0.1, 0.15) is 5.75 Å². The van der Waals surface area contributed by atoms with Crippen molar-refractivity contribution in [3.05, 3.63) is 23.8 Å². The molecule has 2 atom stereocenters. The van der Waals surface area contributed by atoms with E-state index in [0.717, 1.165) is 24.9 Å². The van der Waals surface area contributed by atoms with E-state index in [9.17, 15) is 5.11 Å². The van der Waals surface area contributed by atoms with E-state index in [2.05, 4.69) is 11.0 Å². The Balaban J connectivity index is 2.12. The molecule has 1 fully saturated rings. The fourth-order valence-electron chi connectivity index (χ4n) is 2.94. The van der Waals surface area contributed by atoms with Gasteiger partial charge in [0.2, 0.25) is 0 Å². The highest BCUT2D eigenvalue weighted by Crippen LogP contribution is 2.42. The first kappa shape index (κ1) is 9.04. The molecule has 0 spiro atoms. The molecule has 2 unspecified atom stereocenters. The summed E-state index contributed by atoms with van der Waals surface area (Å²) in [5.41, 5.74) is 8.31. The Bertz CT molecular complexity index is 391. The molecule has 0 bridgehead atoms. The van der Waals surface area contributed by atoms with Crippen molar-refractivity contribution >= 4 is 5.69 Å². The van der Waals surface area contributed by atoms with Gasteiger partial charge >= 0.3 is 0 Å².